The number of carbonyl (C=O) groups is 1. The van der Waals surface area contributed by atoms with Gasteiger partial charge in [-0.25, -0.2) is 0 Å². The molecular formula is C24H25NO2. The summed E-state index contributed by atoms with van der Waals surface area (Å²) in [6, 6.07) is 28.4. The van der Waals surface area contributed by atoms with Gasteiger partial charge in [0.15, 0.2) is 0 Å². The zero-order valence-electron chi connectivity index (χ0n) is 15.6. The van der Waals surface area contributed by atoms with Gasteiger partial charge in [0.25, 0.3) is 0 Å². The highest BCUT2D eigenvalue weighted by atomic mass is 16.5. The van der Waals surface area contributed by atoms with E-state index in [0.717, 1.165) is 28.9 Å². The maximum atomic E-state index is 12.6. The lowest BCUT2D eigenvalue weighted by molar-refractivity contribution is -0.121. The Balaban J connectivity index is 1.61. The fourth-order valence-electron chi connectivity index (χ4n) is 3.23. The molecule has 3 rings (SSSR count). The number of ether oxygens (including phenoxy) is 1. The monoisotopic (exact) mass is 359 g/mol. The van der Waals surface area contributed by atoms with Gasteiger partial charge >= 0.3 is 0 Å². The van der Waals surface area contributed by atoms with Crippen LogP contribution in [0.2, 0.25) is 0 Å². The van der Waals surface area contributed by atoms with Crippen LogP contribution >= 0.6 is 0 Å². The molecule has 3 heteroatoms. The smallest absolute Gasteiger partial charge is 0.220 e. The quantitative estimate of drug-likeness (QED) is 0.639. The first-order valence-corrected chi connectivity index (χ1v) is 9.26. The van der Waals surface area contributed by atoms with E-state index in [1.165, 1.54) is 0 Å². The highest BCUT2D eigenvalue weighted by molar-refractivity contribution is 5.77. The van der Waals surface area contributed by atoms with Gasteiger partial charge in [0.2, 0.25) is 5.91 Å². The molecule has 0 saturated heterocycles. The number of hydrogen-bond donors (Lipinski definition) is 1. The number of hydrogen-bond acceptors (Lipinski definition) is 2. The second-order valence-electron chi connectivity index (χ2n) is 6.53. The predicted octanol–water partition coefficient (Wildman–Crippen LogP) is 4.58. The number of amides is 1. The molecule has 0 fully saturated rings. The summed E-state index contributed by atoms with van der Waals surface area (Å²) in [5.41, 5.74) is 3.47. The van der Waals surface area contributed by atoms with Gasteiger partial charge in [-0.05, 0) is 35.2 Å². The Hall–Kier alpha value is -3.07. The third-order valence-corrected chi connectivity index (χ3v) is 4.66. The van der Waals surface area contributed by atoms with Crippen LogP contribution in [0.4, 0.5) is 0 Å². The molecule has 0 aliphatic carbocycles. The van der Waals surface area contributed by atoms with Crippen LogP contribution in [0.25, 0.3) is 0 Å². The van der Waals surface area contributed by atoms with E-state index in [-0.39, 0.29) is 11.8 Å². The Morgan fingerprint density at radius 1 is 0.889 bits per heavy atom. The Bertz CT molecular complexity index is 807. The second kappa shape index (κ2) is 9.58. The van der Waals surface area contributed by atoms with Crippen molar-refractivity contribution >= 4 is 5.91 Å². The molecule has 0 unspecified atom stereocenters. The molecule has 0 heterocycles. The maximum absolute atomic E-state index is 12.6. The molecule has 0 atom stereocenters. The van der Waals surface area contributed by atoms with Crippen LogP contribution in [0.1, 0.15) is 29.0 Å². The van der Waals surface area contributed by atoms with Gasteiger partial charge in [-0.1, -0.05) is 72.8 Å². The highest BCUT2D eigenvalue weighted by Crippen LogP contribution is 2.27. The molecule has 138 valence electrons. The minimum absolute atomic E-state index is 0.0595. The maximum Gasteiger partial charge on any atom is 0.220 e. The standard InChI is InChI=1S/C24H25NO2/c1-27-22-14-8-9-19(17-22)15-16-25-24(26)18-23(20-10-4-2-5-11-20)21-12-6-3-7-13-21/h2-14,17,23H,15-16,18H2,1H3,(H,25,26). The zero-order chi connectivity index (χ0) is 18.9. The van der Waals surface area contributed by atoms with Crippen LogP contribution in [0.15, 0.2) is 84.9 Å². The molecule has 0 saturated carbocycles. The van der Waals surface area contributed by atoms with Crippen molar-refractivity contribution in [3.8, 4) is 5.75 Å². The van der Waals surface area contributed by atoms with Gasteiger partial charge in [0, 0.05) is 18.9 Å². The molecule has 1 N–H and O–H groups in total. The third kappa shape index (κ3) is 5.45. The molecular weight excluding hydrogens is 334 g/mol. The van der Waals surface area contributed by atoms with Crippen molar-refractivity contribution in [1.29, 1.82) is 0 Å². The number of rotatable bonds is 8. The number of benzene rings is 3. The molecule has 3 nitrogen and oxygen atoms in total. The summed E-state index contributed by atoms with van der Waals surface area (Å²) in [7, 11) is 1.66. The van der Waals surface area contributed by atoms with Crippen LogP contribution in [-0.2, 0) is 11.2 Å². The first-order chi connectivity index (χ1) is 13.3. The van der Waals surface area contributed by atoms with E-state index in [4.69, 9.17) is 4.74 Å². The Labute approximate surface area is 161 Å². The summed E-state index contributed by atoms with van der Waals surface area (Å²) in [5.74, 6) is 0.965. The van der Waals surface area contributed by atoms with Crippen LogP contribution in [-0.4, -0.2) is 19.6 Å². The first-order valence-electron chi connectivity index (χ1n) is 9.26. The second-order valence-corrected chi connectivity index (χ2v) is 6.53. The largest absolute Gasteiger partial charge is 0.497 e. The van der Waals surface area contributed by atoms with Gasteiger partial charge in [-0.2, -0.15) is 0 Å². The summed E-state index contributed by atoms with van der Waals surface area (Å²) in [4.78, 5) is 12.6. The minimum atomic E-state index is 0.0595. The van der Waals surface area contributed by atoms with Crippen LogP contribution in [0.3, 0.4) is 0 Å². The summed E-state index contributed by atoms with van der Waals surface area (Å²) in [6.45, 7) is 0.613. The molecule has 0 aliphatic rings. The number of nitrogens with one attached hydrogen (secondary N) is 1. The van der Waals surface area contributed by atoms with E-state index >= 15 is 0 Å². The summed E-state index contributed by atoms with van der Waals surface area (Å²) in [5, 5.41) is 3.06. The van der Waals surface area contributed by atoms with Crippen molar-refractivity contribution in [3.05, 3.63) is 102 Å². The van der Waals surface area contributed by atoms with Crippen molar-refractivity contribution in [1.82, 2.24) is 5.32 Å². The van der Waals surface area contributed by atoms with Crippen LogP contribution in [0, 0.1) is 0 Å². The fraction of sp³-hybridized carbons (Fsp3) is 0.208. The first kappa shape index (κ1) is 18.7. The summed E-state index contributed by atoms with van der Waals surface area (Å²) < 4.78 is 5.25. The molecule has 0 radical (unpaired) electrons. The van der Waals surface area contributed by atoms with Crippen molar-refractivity contribution in [2.45, 2.75) is 18.8 Å². The van der Waals surface area contributed by atoms with E-state index in [0.29, 0.717) is 13.0 Å². The van der Waals surface area contributed by atoms with Gasteiger partial charge in [0.05, 0.1) is 7.11 Å². The molecule has 0 aliphatic heterocycles. The number of methoxy groups -OCH3 is 1. The van der Waals surface area contributed by atoms with E-state index in [1.807, 2.05) is 60.7 Å². The average molecular weight is 359 g/mol. The molecule has 3 aromatic rings. The van der Waals surface area contributed by atoms with Crippen molar-refractivity contribution in [2.24, 2.45) is 0 Å². The minimum Gasteiger partial charge on any atom is -0.497 e. The third-order valence-electron chi connectivity index (χ3n) is 4.66. The Morgan fingerprint density at radius 3 is 2.11 bits per heavy atom. The van der Waals surface area contributed by atoms with E-state index in [1.54, 1.807) is 7.11 Å². The SMILES string of the molecule is COc1cccc(CCNC(=O)CC(c2ccccc2)c2ccccc2)c1. The molecule has 0 spiro atoms. The van der Waals surface area contributed by atoms with Crippen LogP contribution < -0.4 is 10.1 Å². The lowest BCUT2D eigenvalue weighted by Crippen LogP contribution is -2.27. The van der Waals surface area contributed by atoms with Crippen molar-refractivity contribution < 1.29 is 9.53 Å². The van der Waals surface area contributed by atoms with Crippen molar-refractivity contribution in [3.63, 3.8) is 0 Å². The molecule has 0 bridgehead atoms. The summed E-state index contributed by atoms with van der Waals surface area (Å²) in [6.07, 6.45) is 1.22. The Morgan fingerprint density at radius 2 is 1.52 bits per heavy atom. The topological polar surface area (TPSA) is 38.3 Å². The van der Waals surface area contributed by atoms with E-state index in [2.05, 4.69) is 29.6 Å². The normalized spacial score (nSPS) is 10.6. The predicted molar refractivity (Wildman–Crippen MR) is 109 cm³/mol. The van der Waals surface area contributed by atoms with Crippen LogP contribution in [0.5, 0.6) is 5.75 Å². The van der Waals surface area contributed by atoms with E-state index < -0.39 is 0 Å². The van der Waals surface area contributed by atoms with Crippen molar-refractivity contribution in [2.75, 3.05) is 13.7 Å². The zero-order valence-corrected chi connectivity index (χ0v) is 15.6. The summed E-state index contributed by atoms with van der Waals surface area (Å²) >= 11 is 0. The van der Waals surface area contributed by atoms with Gasteiger partial charge in [0.1, 0.15) is 5.75 Å². The van der Waals surface area contributed by atoms with Gasteiger partial charge < -0.3 is 10.1 Å². The molecule has 27 heavy (non-hydrogen) atoms. The fourth-order valence-corrected chi connectivity index (χ4v) is 3.23. The lowest BCUT2D eigenvalue weighted by atomic mass is 9.88. The molecule has 3 aromatic carbocycles. The van der Waals surface area contributed by atoms with Gasteiger partial charge in [-0.3, -0.25) is 4.79 Å². The number of carbonyl (C=O) groups excluding carboxylic acids is 1. The highest BCUT2D eigenvalue weighted by Gasteiger charge is 2.17. The molecule has 1 amide bonds. The average Bonchev–Trinajstić information content (AvgIpc) is 2.73. The Kier molecular flexibility index (Phi) is 6.64. The lowest BCUT2D eigenvalue weighted by Gasteiger charge is -2.18. The van der Waals surface area contributed by atoms with E-state index in [9.17, 15) is 4.79 Å². The molecule has 0 aromatic heterocycles. The van der Waals surface area contributed by atoms with Gasteiger partial charge in [-0.15, -0.1) is 0 Å².